The molecule has 4 rings (SSSR count). The Hall–Kier alpha value is -2.05. The van der Waals surface area contributed by atoms with Gasteiger partial charge in [-0.1, -0.05) is 12.1 Å². The van der Waals surface area contributed by atoms with Crippen molar-refractivity contribution in [1.82, 2.24) is 14.9 Å². The summed E-state index contributed by atoms with van der Waals surface area (Å²) in [6.07, 6.45) is 5.56. The van der Waals surface area contributed by atoms with Crippen LogP contribution in [-0.4, -0.2) is 53.3 Å². The molecule has 3 heterocycles. The highest BCUT2D eigenvalue weighted by atomic mass is 19.1. The molecular formula is C19H23FN4O. The van der Waals surface area contributed by atoms with E-state index < -0.39 is 0 Å². The van der Waals surface area contributed by atoms with Crippen LogP contribution >= 0.6 is 0 Å². The standard InChI is InChI=1S/C19H23FN4O/c1-23(18-21-8-2-9-22-18)17-11-19(25-13-17)7-10-24(14-19)12-15-3-5-16(20)6-4-15/h2-6,8-9,17H,7,10-14H2,1H3/t17-,19+/m0/s1. The van der Waals surface area contributed by atoms with Crippen molar-refractivity contribution in [2.24, 2.45) is 0 Å². The molecule has 2 aliphatic heterocycles. The molecule has 0 radical (unpaired) electrons. The molecule has 2 saturated heterocycles. The maximum absolute atomic E-state index is 13.1. The van der Waals surface area contributed by atoms with E-state index in [0.29, 0.717) is 12.6 Å². The Bertz CT molecular complexity index is 711. The molecular weight excluding hydrogens is 319 g/mol. The van der Waals surface area contributed by atoms with E-state index in [9.17, 15) is 4.39 Å². The number of hydrogen-bond donors (Lipinski definition) is 0. The Kier molecular flexibility index (Phi) is 4.39. The van der Waals surface area contributed by atoms with E-state index >= 15 is 0 Å². The number of rotatable bonds is 4. The van der Waals surface area contributed by atoms with Crippen LogP contribution in [0.2, 0.25) is 0 Å². The van der Waals surface area contributed by atoms with E-state index in [0.717, 1.165) is 44.0 Å². The van der Waals surface area contributed by atoms with E-state index in [4.69, 9.17) is 4.74 Å². The van der Waals surface area contributed by atoms with Gasteiger partial charge in [0.2, 0.25) is 5.95 Å². The van der Waals surface area contributed by atoms with Crippen molar-refractivity contribution in [2.75, 3.05) is 31.6 Å². The van der Waals surface area contributed by atoms with Gasteiger partial charge in [0.1, 0.15) is 5.82 Å². The van der Waals surface area contributed by atoms with Crippen molar-refractivity contribution in [3.05, 3.63) is 54.1 Å². The molecule has 6 heteroatoms. The van der Waals surface area contributed by atoms with Gasteiger partial charge in [-0.3, -0.25) is 4.90 Å². The summed E-state index contributed by atoms with van der Waals surface area (Å²) in [4.78, 5) is 13.2. The van der Waals surface area contributed by atoms with Gasteiger partial charge in [0.05, 0.1) is 18.2 Å². The fourth-order valence-corrected chi connectivity index (χ4v) is 3.90. The lowest BCUT2D eigenvalue weighted by Crippen LogP contribution is -2.36. The van der Waals surface area contributed by atoms with E-state index in [1.54, 1.807) is 12.4 Å². The molecule has 0 saturated carbocycles. The molecule has 0 aliphatic carbocycles. The Morgan fingerprint density at radius 2 is 2.04 bits per heavy atom. The third kappa shape index (κ3) is 3.50. The monoisotopic (exact) mass is 342 g/mol. The zero-order valence-corrected chi connectivity index (χ0v) is 14.4. The number of ether oxygens (including phenoxy) is 1. The molecule has 2 fully saturated rings. The van der Waals surface area contributed by atoms with Crippen LogP contribution in [0.5, 0.6) is 0 Å². The second-order valence-electron chi connectivity index (χ2n) is 7.10. The summed E-state index contributed by atoms with van der Waals surface area (Å²) in [6.45, 7) is 3.48. The molecule has 2 aliphatic rings. The van der Waals surface area contributed by atoms with Crippen LogP contribution in [0, 0.1) is 5.82 Å². The summed E-state index contributed by atoms with van der Waals surface area (Å²) >= 11 is 0. The number of anilines is 1. The van der Waals surface area contributed by atoms with Gasteiger partial charge in [-0.2, -0.15) is 0 Å². The van der Waals surface area contributed by atoms with E-state index in [-0.39, 0.29) is 11.4 Å². The van der Waals surface area contributed by atoms with Gasteiger partial charge in [-0.05, 0) is 30.2 Å². The van der Waals surface area contributed by atoms with Gasteiger partial charge in [0.15, 0.2) is 0 Å². The summed E-state index contributed by atoms with van der Waals surface area (Å²) in [5, 5.41) is 0. The van der Waals surface area contributed by atoms with Crippen LogP contribution in [0.3, 0.4) is 0 Å². The SMILES string of the molecule is CN(c1ncccn1)[C@@H]1CO[C@]2(CCN(Cc3ccc(F)cc3)C2)C1. The van der Waals surface area contributed by atoms with Gasteiger partial charge in [0, 0.05) is 45.5 Å². The minimum absolute atomic E-state index is 0.0757. The summed E-state index contributed by atoms with van der Waals surface area (Å²) < 4.78 is 19.3. The molecule has 0 bridgehead atoms. The topological polar surface area (TPSA) is 41.5 Å². The summed E-state index contributed by atoms with van der Waals surface area (Å²) in [7, 11) is 2.04. The number of likely N-dealkylation sites (N-methyl/N-ethyl adjacent to an activating group) is 1. The Labute approximate surface area is 147 Å². The Balaban J connectivity index is 1.37. The van der Waals surface area contributed by atoms with Crippen LogP contribution in [0.1, 0.15) is 18.4 Å². The molecule has 2 aromatic rings. The number of nitrogens with zero attached hydrogens (tertiary/aromatic N) is 4. The average Bonchev–Trinajstić information content (AvgIpc) is 3.24. The summed E-state index contributed by atoms with van der Waals surface area (Å²) in [5.74, 6) is 0.559. The third-order valence-electron chi connectivity index (χ3n) is 5.32. The van der Waals surface area contributed by atoms with Crippen LogP contribution in [0.25, 0.3) is 0 Å². The quantitative estimate of drug-likeness (QED) is 0.854. The fourth-order valence-electron chi connectivity index (χ4n) is 3.90. The van der Waals surface area contributed by atoms with Crippen molar-refractivity contribution in [3.8, 4) is 0 Å². The van der Waals surface area contributed by atoms with Crippen molar-refractivity contribution < 1.29 is 9.13 Å². The zero-order valence-electron chi connectivity index (χ0n) is 14.4. The van der Waals surface area contributed by atoms with Crippen molar-refractivity contribution in [2.45, 2.75) is 31.0 Å². The Morgan fingerprint density at radius 3 is 2.80 bits per heavy atom. The minimum Gasteiger partial charge on any atom is -0.371 e. The molecule has 1 aromatic heterocycles. The Morgan fingerprint density at radius 1 is 1.28 bits per heavy atom. The number of likely N-dealkylation sites (tertiary alicyclic amines) is 1. The van der Waals surface area contributed by atoms with E-state index in [1.807, 2.05) is 25.2 Å². The second-order valence-corrected chi connectivity index (χ2v) is 7.10. The van der Waals surface area contributed by atoms with Crippen LogP contribution in [0.15, 0.2) is 42.7 Å². The number of benzene rings is 1. The number of halogens is 1. The minimum atomic E-state index is -0.185. The number of aromatic nitrogens is 2. The van der Waals surface area contributed by atoms with Gasteiger partial charge in [0.25, 0.3) is 0 Å². The first-order chi connectivity index (χ1) is 12.1. The maximum atomic E-state index is 13.1. The first-order valence-corrected chi connectivity index (χ1v) is 8.74. The molecule has 1 spiro atoms. The van der Waals surface area contributed by atoms with E-state index in [1.165, 1.54) is 12.1 Å². The summed E-state index contributed by atoms with van der Waals surface area (Å²) in [6, 6.07) is 8.90. The number of hydrogen-bond acceptors (Lipinski definition) is 5. The van der Waals surface area contributed by atoms with Crippen LogP contribution in [-0.2, 0) is 11.3 Å². The van der Waals surface area contributed by atoms with Gasteiger partial charge >= 0.3 is 0 Å². The van der Waals surface area contributed by atoms with Gasteiger partial charge in [-0.15, -0.1) is 0 Å². The predicted octanol–water partition coefficient (Wildman–Crippen LogP) is 2.49. The summed E-state index contributed by atoms with van der Waals surface area (Å²) in [5.41, 5.74) is 1.07. The molecule has 0 N–H and O–H groups in total. The average molecular weight is 342 g/mol. The van der Waals surface area contributed by atoms with Gasteiger partial charge < -0.3 is 9.64 Å². The third-order valence-corrected chi connectivity index (χ3v) is 5.32. The normalized spacial score (nSPS) is 26.4. The van der Waals surface area contributed by atoms with E-state index in [2.05, 4.69) is 19.8 Å². The smallest absolute Gasteiger partial charge is 0.225 e. The molecule has 0 amide bonds. The molecule has 1 aromatic carbocycles. The lowest BCUT2D eigenvalue weighted by Gasteiger charge is -2.26. The molecule has 132 valence electrons. The van der Waals surface area contributed by atoms with Crippen molar-refractivity contribution >= 4 is 5.95 Å². The van der Waals surface area contributed by atoms with Gasteiger partial charge in [-0.25, -0.2) is 14.4 Å². The van der Waals surface area contributed by atoms with Crippen molar-refractivity contribution in [1.29, 1.82) is 0 Å². The molecule has 0 unspecified atom stereocenters. The van der Waals surface area contributed by atoms with Crippen LogP contribution < -0.4 is 4.90 Å². The highest BCUT2D eigenvalue weighted by Crippen LogP contribution is 2.37. The first kappa shape index (κ1) is 16.4. The zero-order chi connectivity index (χ0) is 17.3. The van der Waals surface area contributed by atoms with Crippen molar-refractivity contribution in [3.63, 3.8) is 0 Å². The van der Waals surface area contributed by atoms with Crippen LogP contribution in [0.4, 0.5) is 10.3 Å². The molecule has 25 heavy (non-hydrogen) atoms. The second kappa shape index (κ2) is 6.69. The first-order valence-electron chi connectivity index (χ1n) is 8.74. The largest absolute Gasteiger partial charge is 0.371 e. The highest BCUT2D eigenvalue weighted by Gasteiger charge is 2.46. The predicted molar refractivity (Wildman–Crippen MR) is 93.8 cm³/mol. The fraction of sp³-hybridized carbons (Fsp3) is 0.474. The lowest BCUT2D eigenvalue weighted by molar-refractivity contribution is 0.0118. The highest BCUT2D eigenvalue weighted by molar-refractivity contribution is 5.30. The maximum Gasteiger partial charge on any atom is 0.225 e. The molecule has 5 nitrogen and oxygen atoms in total. The lowest BCUT2D eigenvalue weighted by atomic mass is 9.97. The molecule has 2 atom stereocenters.